The fourth-order valence-corrected chi connectivity index (χ4v) is 2.25. The fraction of sp³-hybridized carbons (Fsp3) is 0.0769. The van der Waals surface area contributed by atoms with Crippen LogP contribution in [0.3, 0.4) is 0 Å². The first kappa shape index (κ1) is 13.2. The molecule has 1 amide bonds. The lowest BCUT2D eigenvalue weighted by atomic mass is 10.3. The zero-order chi connectivity index (χ0) is 14.1. The van der Waals surface area contributed by atoms with Crippen LogP contribution in [0.4, 0.5) is 5.69 Å². The Morgan fingerprint density at radius 3 is 3.10 bits per heavy atom. The van der Waals surface area contributed by atoms with Crippen molar-refractivity contribution >= 4 is 40.8 Å². The van der Waals surface area contributed by atoms with E-state index < -0.39 is 0 Å². The summed E-state index contributed by atoms with van der Waals surface area (Å²) < 4.78 is 1.48. The van der Waals surface area contributed by atoms with Crippen molar-refractivity contribution < 1.29 is 4.79 Å². The number of amidine groups is 1. The van der Waals surface area contributed by atoms with Crippen molar-refractivity contribution in [3.05, 3.63) is 53.5 Å². The third-order valence-electron chi connectivity index (χ3n) is 2.80. The quantitative estimate of drug-likeness (QED) is 0.674. The zero-order valence-electron chi connectivity index (χ0n) is 10.3. The van der Waals surface area contributed by atoms with Gasteiger partial charge in [0.2, 0.25) is 6.67 Å². The summed E-state index contributed by atoms with van der Waals surface area (Å²) in [5.74, 6) is 0.404. The Bertz CT molecular complexity index is 654. The van der Waals surface area contributed by atoms with Gasteiger partial charge in [0, 0.05) is 34.8 Å². The van der Waals surface area contributed by atoms with E-state index in [-0.39, 0.29) is 5.91 Å². The van der Waals surface area contributed by atoms with Crippen molar-refractivity contribution in [1.29, 1.82) is 0 Å². The second-order valence-electron chi connectivity index (χ2n) is 4.28. The molecule has 2 aliphatic rings. The summed E-state index contributed by atoms with van der Waals surface area (Å²) in [6.07, 6.45) is 5.10. The predicted molar refractivity (Wildman–Crippen MR) is 79.4 cm³/mol. The van der Waals surface area contributed by atoms with Gasteiger partial charge in [-0.15, -0.1) is 0 Å². The minimum Gasteiger partial charge on any atom is -0.320 e. The number of halogens is 2. The highest BCUT2D eigenvalue weighted by molar-refractivity contribution is 6.31. The highest BCUT2D eigenvalue weighted by Crippen LogP contribution is 2.19. The van der Waals surface area contributed by atoms with E-state index in [0.717, 1.165) is 0 Å². The minimum atomic E-state index is -0.288. The van der Waals surface area contributed by atoms with E-state index in [1.807, 2.05) is 0 Å². The van der Waals surface area contributed by atoms with Crippen molar-refractivity contribution in [2.24, 2.45) is 4.99 Å². The summed E-state index contributed by atoms with van der Waals surface area (Å²) in [7, 11) is 0. The average molecular weight is 309 g/mol. The number of nitrogens with zero attached hydrogens (tertiary/aromatic N) is 3. The van der Waals surface area contributed by atoms with Crippen LogP contribution in [0, 0.1) is 0 Å². The molecule has 0 spiro atoms. The smallest absolute Gasteiger partial charge is 0.285 e. The molecular weight excluding hydrogens is 299 g/mol. The van der Waals surface area contributed by atoms with Crippen molar-refractivity contribution in [3.8, 4) is 0 Å². The van der Waals surface area contributed by atoms with Crippen molar-refractivity contribution in [2.75, 3.05) is 12.0 Å². The molecule has 1 N–H and O–H groups in total. The summed E-state index contributed by atoms with van der Waals surface area (Å²) in [5.41, 5.74) is 0.958. The molecule has 7 heteroatoms. The van der Waals surface area contributed by atoms with Crippen molar-refractivity contribution in [2.45, 2.75) is 0 Å². The Labute approximate surface area is 125 Å². The van der Waals surface area contributed by atoms with E-state index in [1.54, 1.807) is 47.6 Å². The second-order valence-corrected chi connectivity index (χ2v) is 5.15. The first-order valence-corrected chi connectivity index (χ1v) is 6.58. The lowest BCUT2D eigenvalue weighted by Crippen LogP contribution is -2.37. The van der Waals surface area contributed by atoms with E-state index in [1.165, 1.54) is 4.42 Å². The van der Waals surface area contributed by atoms with Gasteiger partial charge in [-0.25, -0.2) is 4.42 Å². The van der Waals surface area contributed by atoms with Gasteiger partial charge in [0.05, 0.1) is 0 Å². The van der Waals surface area contributed by atoms with Crippen LogP contribution in [0.15, 0.2) is 53.4 Å². The van der Waals surface area contributed by atoms with Crippen LogP contribution in [0.5, 0.6) is 0 Å². The standard InChI is InChI=1S/C13H10Cl2N4O/c14-9-2-1-3-10(6-9)16-13(20)11-7-18-8-19(15)5-4-12(18)17-11/h1-7H,8H2,(H,16,20)/q+1. The van der Waals surface area contributed by atoms with Crippen LogP contribution in [0.2, 0.25) is 5.02 Å². The first-order valence-electron chi connectivity index (χ1n) is 5.86. The van der Waals surface area contributed by atoms with E-state index >= 15 is 0 Å². The molecule has 0 bridgehead atoms. The van der Waals surface area contributed by atoms with Gasteiger partial charge in [-0.3, -0.25) is 4.79 Å². The zero-order valence-corrected chi connectivity index (χ0v) is 11.8. The summed E-state index contributed by atoms with van der Waals surface area (Å²) in [4.78, 5) is 18.2. The van der Waals surface area contributed by atoms with Gasteiger partial charge in [0.25, 0.3) is 11.7 Å². The number of hydrogen-bond acceptors (Lipinski definition) is 4. The van der Waals surface area contributed by atoms with Crippen LogP contribution in [-0.2, 0) is 4.79 Å². The van der Waals surface area contributed by atoms with Gasteiger partial charge >= 0.3 is 0 Å². The molecule has 1 radical (unpaired) electrons. The highest BCUT2D eigenvalue weighted by atomic mass is 35.5. The maximum absolute atomic E-state index is 12.1. The van der Waals surface area contributed by atoms with Crippen LogP contribution in [-0.4, -0.2) is 22.8 Å². The number of carbonyl (C=O) groups excluding carboxylic acids is 1. The molecule has 2 aliphatic heterocycles. The number of rotatable bonds is 2. The Morgan fingerprint density at radius 2 is 2.30 bits per heavy atom. The van der Waals surface area contributed by atoms with Crippen molar-refractivity contribution in [1.82, 2.24) is 9.32 Å². The largest absolute Gasteiger partial charge is 0.320 e. The molecule has 5 nitrogen and oxygen atoms in total. The number of benzene rings is 1. The molecule has 1 aromatic rings. The average Bonchev–Trinajstić information content (AvgIpc) is 2.81. The van der Waals surface area contributed by atoms with Gasteiger partial charge in [0.15, 0.2) is 11.9 Å². The number of anilines is 1. The molecule has 0 aliphatic carbocycles. The molecule has 0 saturated heterocycles. The summed E-state index contributed by atoms with van der Waals surface area (Å²) in [6.45, 7) is 0.449. The summed E-state index contributed by atoms with van der Waals surface area (Å²) >= 11 is 11.7. The Balaban J connectivity index is 1.75. The monoisotopic (exact) mass is 308 g/mol. The Kier molecular flexibility index (Phi) is 3.48. The third-order valence-corrected chi connectivity index (χ3v) is 3.25. The van der Waals surface area contributed by atoms with E-state index in [4.69, 9.17) is 23.4 Å². The molecule has 0 fully saturated rings. The van der Waals surface area contributed by atoms with Crippen LogP contribution in [0.25, 0.3) is 0 Å². The van der Waals surface area contributed by atoms with Crippen molar-refractivity contribution in [3.63, 3.8) is 0 Å². The first-order chi connectivity index (χ1) is 9.61. The number of amides is 1. The summed E-state index contributed by atoms with van der Waals surface area (Å²) in [6, 6.07) is 6.95. The van der Waals surface area contributed by atoms with Gasteiger partial charge in [-0.2, -0.15) is 4.99 Å². The highest BCUT2D eigenvalue weighted by Gasteiger charge is 2.34. The molecule has 101 valence electrons. The number of hydrogen-bond donors (Lipinski definition) is 1. The fourth-order valence-electron chi connectivity index (χ4n) is 1.89. The minimum absolute atomic E-state index is 0.288. The molecule has 0 saturated carbocycles. The second kappa shape index (κ2) is 5.28. The molecule has 0 unspecified atom stereocenters. The number of fused-ring (bicyclic) bond motifs is 1. The maximum Gasteiger partial charge on any atom is 0.285 e. The molecule has 1 aromatic carbocycles. The van der Waals surface area contributed by atoms with Gasteiger partial charge in [-0.05, 0) is 18.2 Å². The maximum atomic E-state index is 12.1. The topological polar surface area (TPSA) is 50.6 Å². The SMILES string of the molecule is O=C(Nc1cccc(Cl)c1)C1=C[N+]2CN(Cl)C=CC2=N1. The number of carbonyl (C=O) groups is 1. The number of nitrogens with one attached hydrogen (secondary N) is 1. The molecular formula is C13H10Cl2N4O+. The molecule has 2 heterocycles. The Morgan fingerprint density at radius 1 is 1.45 bits per heavy atom. The lowest BCUT2D eigenvalue weighted by Gasteiger charge is -2.13. The lowest BCUT2D eigenvalue weighted by molar-refractivity contribution is -0.112. The van der Waals surface area contributed by atoms with Crippen LogP contribution < -0.4 is 10.2 Å². The summed E-state index contributed by atoms with van der Waals surface area (Å²) in [5, 5.41) is 3.31. The normalized spacial score (nSPS) is 17.6. The Hall–Kier alpha value is -1.82. The van der Waals surface area contributed by atoms with E-state index in [9.17, 15) is 4.79 Å². The predicted octanol–water partition coefficient (Wildman–Crippen LogP) is 2.61. The molecule has 0 aromatic heterocycles. The van der Waals surface area contributed by atoms with Crippen LogP contribution >= 0.6 is 23.4 Å². The molecule has 20 heavy (non-hydrogen) atoms. The molecule has 0 atom stereocenters. The van der Waals surface area contributed by atoms with E-state index in [0.29, 0.717) is 28.9 Å². The van der Waals surface area contributed by atoms with Gasteiger partial charge < -0.3 is 5.32 Å². The van der Waals surface area contributed by atoms with Gasteiger partial charge in [0.1, 0.15) is 0 Å². The van der Waals surface area contributed by atoms with E-state index in [2.05, 4.69) is 10.3 Å². The van der Waals surface area contributed by atoms with Crippen LogP contribution in [0.1, 0.15) is 0 Å². The molecule has 3 rings (SSSR count). The van der Waals surface area contributed by atoms with Gasteiger partial charge in [-0.1, -0.05) is 22.6 Å². The third kappa shape index (κ3) is 2.70. The number of aliphatic imine (C=N–C) groups is 1.